The lowest BCUT2D eigenvalue weighted by molar-refractivity contribution is -0.138. The molecule has 26 heavy (non-hydrogen) atoms. The fourth-order valence-corrected chi connectivity index (χ4v) is 5.43. The van der Waals surface area contributed by atoms with Crippen LogP contribution in [0.3, 0.4) is 0 Å². The Morgan fingerprint density at radius 3 is 2.35 bits per heavy atom. The molecule has 1 amide bonds. The van der Waals surface area contributed by atoms with Crippen LogP contribution < -0.4 is 0 Å². The molecule has 1 N–H and O–H groups in total. The van der Waals surface area contributed by atoms with Crippen molar-refractivity contribution in [1.82, 2.24) is 4.90 Å². The summed E-state index contributed by atoms with van der Waals surface area (Å²) in [7, 11) is 0. The molecule has 3 rings (SSSR count). The summed E-state index contributed by atoms with van der Waals surface area (Å²) in [4.78, 5) is 14.8. The zero-order chi connectivity index (χ0) is 18.9. The zero-order valence-electron chi connectivity index (χ0n) is 16.9. The molecular weight excluding hydrogens is 322 g/mol. The van der Waals surface area contributed by atoms with Crippen LogP contribution in [0.5, 0.6) is 0 Å². The molecule has 0 bridgehead atoms. The van der Waals surface area contributed by atoms with E-state index >= 15 is 0 Å². The number of likely N-dealkylation sites (tertiary alicyclic amines) is 1. The molecule has 2 aliphatic rings. The Morgan fingerprint density at radius 1 is 1.19 bits per heavy atom. The second-order valence-electron chi connectivity index (χ2n) is 8.80. The van der Waals surface area contributed by atoms with Crippen molar-refractivity contribution in [2.75, 3.05) is 13.2 Å². The number of hydrogen-bond acceptors (Lipinski definition) is 2. The Kier molecular flexibility index (Phi) is 5.76. The molecule has 0 aromatic heterocycles. The second kappa shape index (κ2) is 7.72. The standard InChI is InChI=1S/C23H35NO2/c1-5-19(15-25)22(26)24-11-10-23(18(24)4)8-6-20(7-9-23)21-13-16(2)12-17(3)14-21/h12-14,18-20,25H,5-11,15H2,1-4H3/t18-,19-,20-,23-/m1/s1. The number of aryl methyl sites for hydroxylation is 2. The Morgan fingerprint density at radius 2 is 1.81 bits per heavy atom. The van der Waals surface area contributed by atoms with Crippen molar-refractivity contribution >= 4 is 5.91 Å². The molecule has 1 heterocycles. The van der Waals surface area contributed by atoms with Crippen LogP contribution in [0, 0.1) is 25.2 Å². The summed E-state index contributed by atoms with van der Waals surface area (Å²) < 4.78 is 0. The Labute approximate surface area is 158 Å². The lowest BCUT2D eigenvalue weighted by Crippen LogP contribution is -2.45. The summed E-state index contributed by atoms with van der Waals surface area (Å²) >= 11 is 0. The van der Waals surface area contributed by atoms with Gasteiger partial charge in [-0.2, -0.15) is 0 Å². The van der Waals surface area contributed by atoms with Crippen molar-refractivity contribution < 1.29 is 9.90 Å². The summed E-state index contributed by atoms with van der Waals surface area (Å²) in [6.07, 6.45) is 6.73. The van der Waals surface area contributed by atoms with Gasteiger partial charge >= 0.3 is 0 Å². The van der Waals surface area contributed by atoms with Crippen LogP contribution in [0.2, 0.25) is 0 Å². The maximum absolute atomic E-state index is 12.8. The van der Waals surface area contributed by atoms with Crippen LogP contribution in [0.1, 0.15) is 75.0 Å². The Hall–Kier alpha value is -1.35. The maximum atomic E-state index is 12.8. The van der Waals surface area contributed by atoms with Gasteiger partial charge in [-0.25, -0.2) is 0 Å². The van der Waals surface area contributed by atoms with E-state index in [9.17, 15) is 9.90 Å². The molecule has 3 nitrogen and oxygen atoms in total. The van der Waals surface area contributed by atoms with Gasteiger partial charge in [0.2, 0.25) is 5.91 Å². The molecule has 1 saturated heterocycles. The molecular formula is C23H35NO2. The van der Waals surface area contributed by atoms with E-state index < -0.39 is 0 Å². The average Bonchev–Trinajstić information content (AvgIpc) is 2.92. The van der Waals surface area contributed by atoms with Gasteiger partial charge in [0, 0.05) is 12.6 Å². The van der Waals surface area contributed by atoms with Crippen molar-refractivity contribution in [3.05, 3.63) is 34.9 Å². The predicted molar refractivity (Wildman–Crippen MR) is 106 cm³/mol. The van der Waals surface area contributed by atoms with E-state index in [1.54, 1.807) is 0 Å². The second-order valence-corrected chi connectivity index (χ2v) is 8.80. The minimum atomic E-state index is -0.223. The molecule has 144 valence electrons. The SMILES string of the molecule is CC[C@H](CO)C(=O)N1CC[C@]2(CC[C@@H](c3cc(C)cc(C)c3)CC2)[C@H]1C. The first-order valence-electron chi connectivity index (χ1n) is 10.4. The van der Waals surface area contributed by atoms with Crippen molar-refractivity contribution in [3.8, 4) is 0 Å². The van der Waals surface area contributed by atoms with Gasteiger partial charge in [0.05, 0.1) is 12.5 Å². The topological polar surface area (TPSA) is 40.5 Å². The molecule has 1 aromatic carbocycles. The average molecular weight is 358 g/mol. The number of aliphatic hydroxyl groups is 1. The number of benzene rings is 1. The molecule has 2 atom stereocenters. The predicted octanol–water partition coefficient (Wildman–Crippen LogP) is 4.59. The Balaban J connectivity index is 1.68. The third kappa shape index (κ3) is 3.55. The van der Waals surface area contributed by atoms with E-state index in [0.717, 1.165) is 19.4 Å². The van der Waals surface area contributed by atoms with Gasteiger partial charge in [-0.05, 0) is 76.2 Å². The largest absolute Gasteiger partial charge is 0.396 e. The smallest absolute Gasteiger partial charge is 0.228 e. The van der Waals surface area contributed by atoms with Crippen LogP contribution in [-0.2, 0) is 4.79 Å². The van der Waals surface area contributed by atoms with Crippen LogP contribution in [-0.4, -0.2) is 35.1 Å². The van der Waals surface area contributed by atoms with Crippen molar-refractivity contribution in [2.45, 2.75) is 78.2 Å². The highest BCUT2D eigenvalue weighted by Gasteiger charge is 2.48. The van der Waals surface area contributed by atoms with Crippen LogP contribution in [0.4, 0.5) is 0 Å². The van der Waals surface area contributed by atoms with Crippen LogP contribution in [0.15, 0.2) is 18.2 Å². The van der Waals surface area contributed by atoms with Gasteiger partial charge in [0.1, 0.15) is 0 Å². The first-order chi connectivity index (χ1) is 12.4. The van der Waals surface area contributed by atoms with E-state index in [4.69, 9.17) is 0 Å². The molecule has 3 heteroatoms. The van der Waals surface area contributed by atoms with Crippen molar-refractivity contribution in [3.63, 3.8) is 0 Å². The molecule has 0 unspecified atom stereocenters. The summed E-state index contributed by atoms with van der Waals surface area (Å²) in [6.45, 7) is 9.45. The normalized spacial score (nSPS) is 30.0. The number of carbonyl (C=O) groups excluding carboxylic acids is 1. The third-order valence-electron chi connectivity index (χ3n) is 7.25. The van der Waals surface area contributed by atoms with Gasteiger partial charge in [-0.3, -0.25) is 4.79 Å². The van der Waals surface area contributed by atoms with Gasteiger partial charge in [0.25, 0.3) is 0 Å². The van der Waals surface area contributed by atoms with E-state index in [0.29, 0.717) is 17.4 Å². The number of carbonyl (C=O) groups is 1. The summed E-state index contributed by atoms with van der Waals surface area (Å²) in [6, 6.07) is 7.27. The van der Waals surface area contributed by atoms with Gasteiger partial charge in [0.15, 0.2) is 0 Å². The highest BCUT2D eigenvalue weighted by atomic mass is 16.3. The minimum Gasteiger partial charge on any atom is -0.396 e. The summed E-state index contributed by atoms with van der Waals surface area (Å²) in [5.74, 6) is 0.604. The number of rotatable bonds is 4. The molecule has 2 fully saturated rings. The van der Waals surface area contributed by atoms with E-state index in [1.807, 2.05) is 6.92 Å². The number of aliphatic hydroxyl groups excluding tert-OH is 1. The van der Waals surface area contributed by atoms with E-state index in [-0.39, 0.29) is 18.4 Å². The van der Waals surface area contributed by atoms with Gasteiger partial charge in [-0.15, -0.1) is 0 Å². The zero-order valence-corrected chi connectivity index (χ0v) is 16.9. The highest BCUT2D eigenvalue weighted by Crippen LogP contribution is 2.51. The maximum Gasteiger partial charge on any atom is 0.228 e. The minimum absolute atomic E-state index is 0.0274. The van der Waals surface area contributed by atoms with Crippen molar-refractivity contribution in [1.29, 1.82) is 0 Å². The first-order valence-corrected chi connectivity index (χ1v) is 10.4. The quantitative estimate of drug-likeness (QED) is 0.856. The van der Waals surface area contributed by atoms with Gasteiger partial charge in [-0.1, -0.05) is 36.2 Å². The number of hydrogen-bond donors (Lipinski definition) is 1. The Bertz CT molecular complexity index is 621. The molecule has 1 aromatic rings. The lowest BCUT2D eigenvalue weighted by atomic mass is 9.65. The fourth-order valence-electron chi connectivity index (χ4n) is 5.43. The van der Waals surface area contributed by atoms with Gasteiger partial charge < -0.3 is 10.0 Å². The summed E-state index contributed by atoms with van der Waals surface area (Å²) in [5, 5.41) is 9.50. The molecule has 0 radical (unpaired) electrons. The fraction of sp³-hybridized carbons (Fsp3) is 0.696. The number of nitrogens with zero attached hydrogens (tertiary/aromatic N) is 1. The monoisotopic (exact) mass is 357 g/mol. The number of amides is 1. The van der Waals surface area contributed by atoms with Crippen LogP contribution >= 0.6 is 0 Å². The van der Waals surface area contributed by atoms with E-state index in [1.165, 1.54) is 42.4 Å². The van der Waals surface area contributed by atoms with Crippen LogP contribution in [0.25, 0.3) is 0 Å². The first kappa shape index (κ1) is 19.4. The molecule has 1 saturated carbocycles. The highest BCUT2D eigenvalue weighted by molar-refractivity contribution is 5.79. The molecule has 1 spiro atoms. The molecule has 1 aliphatic heterocycles. The van der Waals surface area contributed by atoms with Crippen molar-refractivity contribution in [2.24, 2.45) is 11.3 Å². The summed E-state index contributed by atoms with van der Waals surface area (Å²) in [5.41, 5.74) is 4.52. The third-order valence-corrected chi connectivity index (χ3v) is 7.25. The lowest BCUT2D eigenvalue weighted by Gasteiger charge is -2.42. The van der Waals surface area contributed by atoms with E-state index in [2.05, 4.69) is 43.9 Å². The molecule has 1 aliphatic carbocycles.